The Labute approximate surface area is 176 Å². The van der Waals surface area contributed by atoms with Crippen LogP contribution in [0.4, 0.5) is 0 Å². The number of nitrogens with zero attached hydrogens (tertiary/aromatic N) is 2. The highest BCUT2D eigenvalue weighted by molar-refractivity contribution is 4.66. The first kappa shape index (κ1) is 28.9. The minimum Gasteiger partial charge on any atom is -1.00 e. The Bertz CT molecular complexity index is 329. The molecule has 0 aliphatic heterocycles. The maximum atomic E-state index is 8.49. The van der Waals surface area contributed by atoms with Gasteiger partial charge in [-0.2, -0.15) is 5.26 Å². The van der Waals surface area contributed by atoms with Crippen molar-refractivity contribution >= 4 is 0 Å². The molecular weight excluding hydrogens is 356 g/mol. The van der Waals surface area contributed by atoms with Gasteiger partial charge in [-0.1, -0.05) is 84.0 Å². The summed E-state index contributed by atoms with van der Waals surface area (Å²) in [7, 11) is 4.58. The average Bonchev–Trinajstić information content (AvgIpc) is 2.61. The zero-order valence-corrected chi connectivity index (χ0v) is 19.4. The van der Waals surface area contributed by atoms with Crippen LogP contribution in [-0.4, -0.2) is 44.9 Å². The molecule has 0 fully saturated rings. The molecule has 162 valence electrons. The summed E-state index contributed by atoms with van der Waals surface area (Å²) in [5.41, 5.74) is 0. The Morgan fingerprint density at radius 2 is 1.11 bits per heavy atom. The van der Waals surface area contributed by atoms with Gasteiger partial charge in [0.1, 0.15) is 6.54 Å². The molecule has 0 atom stereocenters. The molecule has 0 heterocycles. The smallest absolute Gasteiger partial charge is 0.102 e. The minimum atomic E-state index is 0. The zero-order valence-electron chi connectivity index (χ0n) is 18.6. The molecule has 0 unspecified atom stereocenters. The topological polar surface area (TPSA) is 33.0 Å². The number of quaternary nitrogens is 1. The second kappa shape index (κ2) is 22.0. The summed E-state index contributed by atoms with van der Waals surface area (Å²) in [6.07, 6.45) is 20.4. The van der Waals surface area contributed by atoms with Crippen LogP contribution in [0.5, 0.6) is 0 Å². The van der Waals surface area contributed by atoms with Gasteiger partial charge < -0.3 is 21.6 Å². The lowest BCUT2D eigenvalue weighted by molar-refractivity contribution is -0.891. The van der Waals surface area contributed by atoms with Crippen LogP contribution in [0, 0.1) is 11.3 Å². The van der Waals surface area contributed by atoms with Crippen molar-refractivity contribution in [2.75, 3.05) is 40.4 Å². The summed E-state index contributed by atoms with van der Waals surface area (Å²) < 4.78 is 6.53. The van der Waals surface area contributed by atoms with Gasteiger partial charge in [-0.3, -0.25) is 0 Å². The third-order valence-electron chi connectivity index (χ3n) is 5.32. The van der Waals surface area contributed by atoms with Gasteiger partial charge >= 0.3 is 0 Å². The van der Waals surface area contributed by atoms with Gasteiger partial charge in [0, 0.05) is 0 Å². The van der Waals surface area contributed by atoms with Crippen molar-refractivity contribution in [1.82, 2.24) is 0 Å². The van der Waals surface area contributed by atoms with Crippen molar-refractivity contribution in [2.45, 2.75) is 103 Å². The predicted molar refractivity (Wildman–Crippen MR) is 113 cm³/mol. The molecule has 0 bridgehead atoms. The predicted octanol–water partition coefficient (Wildman–Crippen LogP) is 3.48. The molecule has 0 amide bonds. The number of unbranched alkanes of at least 4 members (excludes halogenated alkanes) is 13. The van der Waals surface area contributed by atoms with Crippen LogP contribution in [0.25, 0.3) is 0 Å². The maximum absolute atomic E-state index is 8.49. The Kier molecular flexibility index (Phi) is 23.5. The molecule has 3 nitrogen and oxygen atoms in total. The van der Waals surface area contributed by atoms with Crippen molar-refractivity contribution in [2.24, 2.45) is 0 Å². The van der Waals surface area contributed by atoms with Gasteiger partial charge in [-0.05, 0) is 12.8 Å². The van der Waals surface area contributed by atoms with Crippen LogP contribution in [0.1, 0.15) is 103 Å². The van der Waals surface area contributed by atoms with E-state index in [0.717, 1.165) is 17.6 Å². The van der Waals surface area contributed by atoms with E-state index < -0.39 is 0 Å². The third-order valence-corrected chi connectivity index (χ3v) is 5.32. The number of hydrogen-bond donors (Lipinski definition) is 0. The summed E-state index contributed by atoms with van der Waals surface area (Å²) in [6.45, 7) is 5.92. The molecular formula is C23H47ClN2O. The lowest BCUT2D eigenvalue weighted by Crippen LogP contribution is -3.00. The fourth-order valence-electron chi connectivity index (χ4n) is 3.38. The Morgan fingerprint density at radius 3 is 1.56 bits per heavy atom. The molecule has 27 heavy (non-hydrogen) atoms. The quantitative estimate of drug-likeness (QED) is 0.231. The molecule has 0 N–H and O–H groups in total. The van der Waals surface area contributed by atoms with Gasteiger partial charge in [0.05, 0.1) is 46.3 Å². The van der Waals surface area contributed by atoms with E-state index in [1.807, 2.05) is 0 Å². The van der Waals surface area contributed by atoms with Crippen LogP contribution < -0.4 is 12.4 Å². The van der Waals surface area contributed by atoms with Crippen LogP contribution in [0.2, 0.25) is 0 Å². The van der Waals surface area contributed by atoms with Gasteiger partial charge in [0.15, 0.2) is 0 Å². The van der Waals surface area contributed by atoms with E-state index in [1.165, 1.54) is 96.4 Å². The molecule has 0 rings (SSSR count). The fourth-order valence-corrected chi connectivity index (χ4v) is 3.38. The van der Waals surface area contributed by atoms with E-state index in [1.54, 1.807) is 0 Å². The van der Waals surface area contributed by atoms with E-state index in [4.69, 9.17) is 10.00 Å². The number of likely N-dealkylation sites (N-methyl/N-ethyl adjacent to an activating group) is 1. The molecule has 0 aliphatic rings. The molecule has 0 aliphatic carbocycles. The first-order valence-corrected chi connectivity index (χ1v) is 11.4. The van der Waals surface area contributed by atoms with Crippen molar-refractivity contribution in [3.63, 3.8) is 0 Å². The summed E-state index contributed by atoms with van der Waals surface area (Å²) in [5, 5.41) is 8.49. The van der Waals surface area contributed by atoms with Crippen molar-refractivity contribution in [3.8, 4) is 6.07 Å². The fraction of sp³-hybridized carbons (Fsp3) is 0.957. The second-order valence-electron chi connectivity index (χ2n) is 8.50. The number of halogens is 1. The van der Waals surface area contributed by atoms with E-state index >= 15 is 0 Å². The standard InChI is InChI=1S/C23H47N2O.ClH/c1-4-5-6-7-8-9-10-11-12-13-14-15-16-17-20-25(2,3)21-23-26-22-18-19-24;/h4-18,20-23H2,1-3H3;1H/q+1;/p-1. The highest BCUT2D eigenvalue weighted by Crippen LogP contribution is 2.13. The normalized spacial score (nSPS) is 11.2. The highest BCUT2D eigenvalue weighted by Gasteiger charge is 2.13. The van der Waals surface area contributed by atoms with Crippen LogP contribution >= 0.6 is 0 Å². The third kappa shape index (κ3) is 23.7. The largest absolute Gasteiger partial charge is 1.00 e. The lowest BCUT2D eigenvalue weighted by Gasteiger charge is -2.29. The number of ether oxygens (including phenoxy) is 1. The Morgan fingerprint density at radius 1 is 0.667 bits per heavy atom. The molecule has 0 saturated heterocycles. The molecule has 0 aromatic carbocycles. The monoisotopic (exact) mass is 402 g/mol. The molecule has 0 spiro atoms. The van der Waals surface area contributed by atoms with Crippen LogP contribution in [0.15, 0.2) is 0 Å². The van der Waals surface area contributed by atoms with Gasteiger partial charge in [0.25, 0.3) is 0 Å². The van der Waals surface area contributed by atoms with Crippen LogP contribution in [-0.2, 0) is 4.74 Å². The Balaban J connectivity index is 0. The molecule has 0 aromatic heterocycles. The zero-order chi connectivity index (χ0) is 19.3. The maximum Gasteiger partial charge on any atom is 0.102 e. The van der Waals surface area contributed by atoms with Crippen molar-refractivity contribution < 1.29 is 21.6 Å². The van der Waals surface area contributed by atoms with Gasteiger partial charge in [-0.25, -0.2) is 0 Å². The van der Waals surface area contributed by atoms with E-state index in [2.05, 4.69) is 27.1 Å². The average molecular weight is 403 g/mol. The summed E-state index contributed by atoms with van der Waals surface area (Å²) in [4.78, 5) is 0. The number of rotatable bonds is 20. The SMILES string of the molecule is CCCCCCCCCCCCCCCC[N+](C)(C)CCOCCC#N.[Cl-]. The first-order valence-electron chi connectivity index (χ1n) is 11.4. The minimum absolute atomic E-state index is 0. The number of nitriles is 1. The first-order chi connectivity index (χ1) is 12.6. The highest BCUT2D eigenvalue weighted by atomic mass is 35.5. The van der Waals surface area contributed by atoms with E-state index in [0.29, 0.717) is 13.0 Å². The van der Waals surface area contributed by atoms with E-state index in [9.17, 15) is 0 Å². The number of hydrogen-bond acceptors (Lipinski definition) is 2. The summed E-state index contributed by atoms with van der Waals surface area (Å²) in [5.74, 6) is 0. The molecule has 0 radical (unpaired) electrons. The van der Waals surface area contributed by atoms with E-state index in [-0.39, 0.29) is 12.4 Å². The molecule has 0 aromatic rings. The molecule has 4 heteroatoms. The van der Waals surface area contributed by atoms with Crippen LogP contribution in [0.3, 0.4) is 0 Å². The Hall–Kier alpha value is -0.300. The van der Waals surface area contributed by atoms with Crippen molar-refractivity contribution in [3.05, 3.63) is 0 Å². The van der Waals surface area contributed by atoms with Crippen molar-refractivity contribution in [1.29, 1.82) is 5.26 Å². The summed E-state index contributed by atoms with van der Waals surface area (Å²) in [6, 6.07) is 2.12. The molecule has 0 saturated carbocycles. The lowest BCUT2D eigenvalue weighted by atomic mass is 10.0. The second-order valence-corrected chi connectivity index (χ2v) is 8.50. The van der Waals surface area contributed by atoms with Gasteiger partial charge in [0.2, 0.25) is 0 Å². The summed E-state index contributed by atoms with van der Waals surface area (Å²) >= 11 is 0. The van der Waals surface area contributed by atoms with Gasteiger partial charge in [-0.15, -0.1) is 0 Å².